The number of aliphatic carboxylic acids is 1. The first kappa shape index (κ1) is 20.3. The Balaban J connectivity index is 0.000000321. The van der Waals surface area contributed by atoms with E-state index in [1.54, 1.807) is 0 Å². The number of fused-ring (bicyclic) bond motifs is 1. The number of carboxylic acid groups (broad SMARTS) is 1. The summed E-state index contributed by atoms with van der Waals surface area (Å²) in [7, 11) is 0. The zero-order chi connectivity index (χ0) is 20.2. The van der Waals surface area contributed by atoms with Gasteiger partial charge in [0.25, 0.3) is 0 Å². The van der Waals surface area contributed by atoms with Crippen molar-refractivity contribution in [2.24, 2.45) is 0 Å². The van der Waals surface area contributed by atoms with Gasteiger partial charge < -0.3 is 10.4 Å². The van der Waals surface area contributed by atoms with Crippen molar-refractivity contribution in [1.29, 1.82) is 0 Å². The third-order valence-corrected chi connectivity index (χ3v) is 3.58. The molecule has 1 aliphatic heterocycles. The third-order valence-electron chi connectivity index (χ3n) is 3.58. The zero-order valence-corrected chi connectivity index (χ0v) is 13.5. The number of para-hydroxylation sites is 1. The molecule has 0 aliphatic carbocycles. The average molecular weight is 388 g/mol. The second-order valence-corrected chi connectivity index (χ2v) is 5.40. The van der Waals surface area contributed by atoms with Crippen LogP contribution in [0.3, 0.4) is 0 Å². The lowest BCUT2D eigenvalue weighted by molar-refractivity contribution is -0.192. The van der Waals surface area contributed by atoms with Gasteiger partial charge in [0.15, 0.2) is 0 Å². The van der Waals surface area contributed by atoms with Crippen LogP contribution in [0, 0.1) is 11.6 Å². The fourth-order valence-electron chi connectivity index (χ4n) is 2.35. The van der Waals surface area contributed by atoms with Crippen LogP contribution in [0.4, 0.5) is 27.6 Å². The molecule has 144 valence electrons. The minimum atomic E-state index is -5.08. The molecular formula is C17H13F5N2O3. The van der Waals surface area contributed by atoms with Gasteiger partial charge in [-0.2, -0.15) is 13.2 Å². The van der Waals surface area contributed by atoms with Crippen LogP contribution in [0.2, 0.25) is 0 Å². The maximum Gasteiger partial charge on any atom is 0.490 e. The molecule has 1 heterocycles. The number of nitrogens with one attached hydrogen (secondary N) is 2. The summed E-state index contributed by atoms with van der Waals surface area (Å²) < 4.78 is 58.8. The van der Waals surface area contributed by atoms with E-state index in [-0.39, 0.29) is 0 Å². The van der Waals surface area contributed by atoms with Gasteiger partial charge in [0, 0.05) is 6.54 Å². The van der Waals surface area contributed by atoms with E-state index in [4.69, 9.17) is 9.90 Å². The van der Waals surface area contributed by atoms with E-state index in [1.807, 2.05) is 24.3 Å². The maximum atomic E-state index is 13.5. The number of benzene rings is 2. The van der Waals surface area contributed by atoms with Crippen LogP contribution in [-0.4, -0.2) is 23.2 Å². The molecule has 1 aliphatic rings. The Morgan fingerprint density at radius 3 is 2.15 bits per heavy atom. The molecule has 0 aromatic heterocycles. The van der Waals surface area contributed by atoms with Crippen molar-refractivity contribution >= 4 is 17.6 Å². The number of rotatable bonds is 2. The smallest absolute Gasteiger partial charge is 0.475 e. The molecule has 0 spiro atoms. The van der Waals surface area contributed by atoms with Crippen LogP contribution >= 0.6 is 0 Å². The number of carbonyl (C=O) groups is 2. The quantitative estimate of drug-likeness (QED) is 0.690. The molecule has 2 aromatic carbocycles. The molecule has 1 amide bonds. The van der Waals surface area contributed by atoms with Gasteiger partial charge in [-0.1, -0.05) is 30.3 Å². The van der Waals surface area contributed by atoms with Crippen molar-refractivity contribution in [3.8, 4) is 0 Å². The van der Waals surface area contributed by atoms with Crippen molar-refractivity contribution in [3.63, 3.8) is 0 Å². The number of carbonyl (C=O) groups excluding carboxylic acids is 1. The van der Waals surface area contributed by atoms with E-state index in [2.05, 4.69) is 10.6 Å². The lowest BCUT2D eigenvalue weighted by Gasteiger charge is -2.13. The van der Waals surface area contributed by atoms with Gasteiger partial charge in [0.1, 0.15) is 23.4 Å². The summed E-state index contributed by atoms with van der Waals surface area (Å²) in [6.07, 6.45) is -5.08. The number of amides is 1. The lowest BCUT2D eigenvalue weighted by Crippen LogP contribution is -2.28. The van der Waals surface area contributed by atoms with Gasteiger partial charge in [0.2, 0.25) is 5.91 Å². The Hall–Kier alpha value is -3.01. The Bertz CT molecular complexity index is 834. The van der Waals surface area contributed by atoms with Crippen molar-refractivity contribution < 1.29 is 36.6 Å². The molecule has 10 heteroatoms. The predicted octanol–water partition coefficient (Wildman–Crippen LogP) is 3.38. The number of hydrogen-bond donors (Lipinski definition) is 3. The summed E-state index contributed by atoms with van der Waals surface area (Å²) >= 11 is 0. The number of halogens is 5. The molecule has 3 N–H and O–H groups in total. The second-order valence-electron chi connectivity index (χ2n) is 5.40. The van der Waals surface area contributed by atoms with Gasteiger partial charge in [0.05, 0.1) is 0 Å². The molecule has 0 saturated carbocycles. The summed E-state index contributed by atoms with van der Waals surface area (Å²) in [4.78, 5) is 21.1. The number of hydrogen-bond acceptors (Lipinski definition) is 3. The first-order valence-corrected chi connectivity index (χ1v) is 7.47. The zero-order valence-electron chi connectivity index (χ0n) is 13.5. The highest BCUT2D eigenvalue weighted by Gasteiger charge is 2.38. The highest BCUT2D eigenvalue weighted by molar-refractivity contribution is 5.96. The first-order chi connectivity index (χ1) is 12.6. The fourth-order valence-corrected chi connectivity index (χ4v) is 2.35. The molecule has 2 aromatic rings. The summed E-state index contributed by atoms with van der Waals surface area (Å²) in [5.74, 6) is -4.80. The lowest BCUT2D eigenvalue weighted by atomic mass is 10.0. The molecule has 5 nitrogen and oxygen atoms in total. The molecular weight excluding hydrogens is 375 g/mol. The van der Waals surface area contributed by atoms with E-state index in [9.17, 15) is 26.7 Å². The minimum absolute atomic E-state index is 0.413. The van der Waals surface area contributed by atoms with Crippen LogP contribution in [0.1, 0.15) is 17.2 Å². The van der Waals surface area contributed by atoms with Gasteiger partial charge in [-0.05, 0) is 23.3 Å². The SMILES string of the molecule is O=C(Nc1c(F)cccc1F)C1NCc2ccccc21.O=C(O)C(F)(F)F. The maximum absolute atomic E-state index is 13.5. The van der Waals surface area contributed by atoms with Crippen LogP contribution < -0.4 is 10.6 Å². The third kappa shape index (κ3) is 5.00. The van der Waals surface area contributed by atoms with Gasteiger partial charge in [-0.15, -0.1) is 0 Å². The van der Waals surface area contributed by atoms with Crippen LogP contribution in [-0.2, 0) is 16.1 Å². The number of alkyl halides is 3. The summed E-state index contributed by atoms with van der Waals surface area (Å²) in [6.45, 7) is 0.564. The molecule has 3 rings (SSSR count). The standard InChI is InChI=1S/C15H12F2N2O.C2HF3O2/c16-11-6-3-7-12(17)14(11)19-15(20)13-10-5-2-1-4-9(10)8-18-13;3-2(4,5)1(6)7/h1-7,13,18H,8H2,(H,19,20);(H,6,7). The Kier molecular flexibility index (Phi) is 6.11. The van der Waals surface area contributed by atoms with Crippen molar-refractivity contribution in [2.75, 3.05) is 5.32 Å². The molecule has 1 atom stereocenters. The minimum Gasteiger partial charge on any atom is -0.475 e. The van der Waals surface area contributed by atoms with E-state index in [0.717, 1.165) is 23.3 Å². The number of anilines is 1. The van der Waals surface area contributed by atoms with E-state index in [0.29, 0.717) is 6.54 Å². The summed E-state index contributed by atoms with van der Waals surface area (Å²) in [5.41, 5.74) is 1.44. The van der Waals surface area contributed by atoms with Gasteiger partial charge in [-0.25, -0.2) is 13.6 Å². The van der Waals surface area contributed by atoms with Crippen LogP contribution in [0.5, 0.6) is 0 Å². The molecule has 0 fully saturated rings. The highest BCUT2D eigenvalue weighted by atomic mass is 19.4. The molecule has 27 heavy (non-hydrogen) atoms. The number of carboxylic acids is 1. The average Bonchev–Trinajstić information content (AvgIpc) is 3.02. The van der Waals surface area contributed by atoms with Gasteiger partial charge >= 0.3 is 12.1 Å². The Morgan fingerprint density at radius 2 is 1.59 bits per heavy atom. The highest BCUT2D eigenvalue weighted by Crippen LogP contribution is 2.27. The van der Waals surface area contributed by atoms with Crippen molar-refractivity contribution in [2.45, 2.75) is 18.8 Å². The van der Waals surface area contributed by atoms with Crippen LogP contribution in [0.25, 0.3) is 0 Å². The van der Waals surface area contributed by atoms with E-state index in [1.165, 1.54) is 6.07 Å². The monoisotopic (exact) mass is 388 g/mol. The first-order valence-electron chi connectivity index (χ1n) is 7.47. The van der Waals surface area contributed by atoms with Crippen molar-refractivity contribution in [1.82, 2.24) is 5.32 Å². The summed E-state index contributed by atoms with van der Waals surface area (Å²) in [6, 6.07) is 10.3. The largest absolute Gasteiger partial charge is 0.490 e. The fraction of sp³-hybridized carbons (Fsp3) is 0.176. The van der Waals surface area contributed by atoms with Crippen LogP contribution in [0.15, 0.2) is 42.5 Å². The molecule has 0 bridgehead atoms. The normalized spacial score (nSPS) is 15.4. The molecule has 0 saturated heterocycles. The van der Waals surface area contributed by atoms with Gasteiger partial charge in [-0.3, -0.25) is 10.1 Å². The summed E-state index contributed by atoms with van der Waals surface area (Å²) in [5, 5.41) is 12.5. The Labute approximate surface area is 149 Å². The second kappa shape index (κ2) is 8.12. The van der Waals surface area contributed by atoms with E-state index >= 15 is 0 Å². The molecule has 0 radical (unpaired) electrons. The Morgan fingerprint density at radius 1 is 1.04 bits per heavy atom. The van der Waals surface area contributed by atoms with Crippen molar-refractivity contribution in [3.05, 3.63) is 65.2 Å². The topological polar surface area (TPSA) is 78.4 Å². The molecule has 1 unspecified atom stereocenters. The predicted molar refractivity (Wildman–Crippen MR) is 84.7 cm³/mol. The van der Waals surface area contributed by atoms with E-state index < -0.39 is 41.4 Å².